The van der Waals surface area contributed by atoms with Crippen LogP contribution in [0.1, 0.15) is 12.8 Å². The third-order valence-electron chi connectivity index (χ3n) is 1.52. The van der Waals surface area contributed by atoms with Crippen LogP contribution in [-0.4, -0.2) is 24.5 Å². The van der Waals surface area contributed by atoms with Crippen molar-refractivity contribution < 1.29 is 0 Å². The highest BCUT2D eigenvalue weighted by atomic mass is 15.2. The lowest BCUT2D eigenvalue weighted by atomic mass is 10.6. The van der Waals surface area contributed by atoms with Crippen LogP contribution in [0.25, 0.3) is 0 Å². The first kappa shape index (κ1) is 9.57. The molecule has 13 heavy (non-hydrogen) atoms. The molecule has 0 spiro atoms. The van der Waals surface area contributed by atoms with E-state index in [4.69, 9.17) is 11.5 Å². The van der Waals surface area contributed by atoms with Gasteiger partial charge in [0.25, 0.3) is 0 Å². The lowest BCUT2D eigenvalue weighted by Gasteiger charge is -2.02. The number of hydrogen-bond acceptors (Lipinski definition) is 1. The smallest absolute Gasteiger partial charge is 0.221 e. The van der Waals surface area contributed by atoms with Gasteiger partial charge in [0.1, 0.15) is 0 Å². The van der Waals surface area contributed by atoms with E-state index in [1.807, 2.05) is 0 Å². The van der Waals surface area contributed by atoms with Crippen molar-refractivity contribution in [1.29, 1.82) is 0 Å². The summed E-state index contributed by atoms with van der Waals surface area (Å²) in [4.78, 5) is 7.96. The molecule has 0 atom stereocenters. The molecule has 0 aromatic carbocycles. The van der Waals surface area contributed by atoms with Gasteiger partial charge in [-0.15, -0.1) is 6.58 Å². The monoisotopic (exact) mass is 181 g/mol. The Bertz CT molecular complexity index is 235. The summed E-state index contributed by atoms with van der Waals surface area (Å²) < 4.78 is 0. The summed E-state index contributed by atoms with van der Waals surface area (Å²) in [6, 6.07) is 0.492. The SMILES string of the molecule is C=CCN=C(N=C(N)N)NC1CC1. The number of rotatable bonds is 3. The van der Waals surface area contributed by atoms with Crippen LogP contribution in [-0.2, 0) is 0 Å². The van der Waals surface area contributed by atoms with Gasteiger partial charge in [0, 0.05) is 6.04 Å². The Morgan fingerprint density at radius 1 is 1.54 bits per heavy atom. The Labute approximate surface area is 77.6 Å². The first-order valence-corrected chi connectivity index (χ1v) is 4.24. The van der Waals surface area contributed by atoms with E-state index < -0.39 is 0 Å². The van der Waals surface area contributed by atoms with Gasteiger partial charge in [-0.2, -0.15) is 4.99 Å². The van der Waals surface area contributed by atoms with Crippen molar-refractivity contribution in [3.05, 3.63) is 12.7 Å². The molecule has 0 bridgehead atoms. The van der Waals surface area contributed by atoms with Crippen molar-refractivity contribution in [2.45, 2.75) is 18.9 Å². The minimum atomic E-state index is 0.0240. The van der Waals surface area contributed by atoms with Crippen LogP contribution in [0.5, 0.6) is 0 Å². The highest BCUT2D eigenvalue weighted by Crippen LogP contribution is 2.18. The summed E-state index contributed by atoms with van der Waals surface area (Å²) >= 11 is 0. The number of aliphatic imine (C=N–C) groups is 2. The molecule has 1 saturated carbocycles. The molecule has 5 nitrogen and oxygen atoms in total. The molecular weight excluding hydrogens is 166 g/mol. The molecular formula is C8H15N5. The van der Waals surface area contributed by atoms with Gasteiger partial charge in [0.2, 0.25) is 5.96 Å². The fourth-order valence-electron chi connectivity index (χ4n) is 0.797. The van der Waals surface area contributed by atoms with Crippen LogP contribution >= 0.6 is 0 Å². The molecule has 0 heterocycles. The minimum absolute atomic E-state index is 0.0240. The molecule has 0 amide bonds. The molecule has 1 aliphatic rings. The third-order valence-corrected chi connectivity index (χ3v) is 1.52. The van der Waals surface area contributed by atoms with Crippen molar-refractivity contribution in [3.63, 3.8) is 0 Å². The second-order valence-corrected chi connectivity index (χ2v) is 2.91. The van der Waals surface area contributed by atoms with E-state index >= 15 is 0 Å². The molecule has 1 rings (SSSR count). The van der Waals surface area contributed by atoms with Crippen molar-refractivity contribution in [2.75, 3.05) is 6.54 Å². The third kappa shape index (κ3) is 4.15. The zero-order chi connectivity index (χ0) is 9.68. The molecule has 72 valence electrons. The van der Waals surface area contributed by atoms with Crippen LogP contribution in [0.2, 0.25) is 0 Å². The Balaban J connectivity index is 2.50. The second kappa shape index (κ2) is 4.49. The number of nitrogens with one attached hydrogen (secondary N) is 1. The topological polar surface area (TPSA) is 88.8 Å². The maximum absolute atomic E-state index is 5.24. The molecule has 0 aromatic rings. The number of guanidine groups is 2. The predicted octanol–water partition coefficient (Wildman–Crippen LogP) is -0.446. The van der Waals surface area contributed by atoms with Crippen LogP contribution in [0.15, 0.2) is 22.6 Å². The van der Waals surface area contributed by atoms with Gasteiger partial charge in [-0.05, 0) is 12.8 Å². The normalized spacial score (nSPS) is 16.5. The first-order chi connectivity index (χ1) is 6.22. The highest BCUT2D eigenvalue weighted by Gasteiger charge is 2.22. The molecule has 5 heteroatoms. The first-order valence-electron chi connectivity index (χ1n) is 4.24. The number of nitrogens with zero attached hydrogens (tertiary/aromatic N) is 2. The standard InChI is InChI=1S/C8H15N5/c1-2-5-11-8(13-7(9)10)12-6-3-4-6/h2,6H,1,3-5H2,(H5,9,10,11,12,13). The fraction of sp³-hybridized carbons (Fsp3) is 0.500. The quantitative estimate of drug-likeness (QED) is 0.313. The summed E-state index contributed by atoms with van der Waals surface area (Å²) in [6.07, 6.45) is 4.01. The van der Waals surface area contributed by atoms with Gasteiger partial charge in [0.15, 0.2) is 5.96 Å². The van der Waals surface area contributed by atoms with Crippen LogP contribution in [0.4, 0.5) is 0 Å². The van der Waals surface area contributed by atoms with E-state index in [1.165, 1.54) is 0 Å². The van der Waals surface area contributed by atoms with Crippen molar-refractivity contribution in [1.82, 2.24) is 5.32 Å². The molecule has 1 aliphatic carbocycles. The maximum atomic E-state index is 5.24. The van der Waals surface area contributed by atoms with E-state index in [0.717, 1.165) is 12.8 Å². The lowest BCUT2D eigenvalue weighted by molar-refractivity contribution is 0.889. The van der Waals surface area contributed by atoms with Crippen molar-refractivity contribution in [2.24, 2.45) is 21.5 Å². The fourth-order valence-corrected chi connectivity index (χ4v) is 0.797. The van der Waals surface area contributed by atoms with Gasteiger partial charge in [-0.1, -0.05) is 6.08 Å². The van der Waals surface area contributed by atoms with Gasteiger partial charge in [-0.3, -0.25) is 0 Å². The largest absolute Gasteiger partial charge is 0.370 e. The zero-order valence-electron chi connectivity index (χ0n) is 7.53. The van der Waals surface area contributed by atoms with E-state index in [1.54, 1.807) is 6.08 Å². The maximum Gasteiger partial charge on any atom is 0.221 e. The van der Waals surface area contributed by atoms with Gasteiger partial charge in [-0.25, -0.2) is 4.99 Å². The predicted molar refractivity (Wildman–Crippen MR) is 54.5 cm³/mol. The number of hydrogen-bond donors (Lipinski definition) is 3. The summed E-state index contributed by atoms with van der Waals surface area (Å²) in [5, 5.41) is 3.11. The Morgan fingerprint density at radius 2 is 2.23 bits per heavy atom. The Morgan fingerprint density at radius 3 is 2.69 bits per heavy atom. The molecule has 0 aliphatic heterocycles. The molecule has 1 fully saturated rings. The second-order valence-electron chi connectivity index (χ2n) is 2.91. The average Bonchev–Trinajstić information content (AvgIpc) is 2.83. The zero-order valence-corrected chi connectivity index (χ0v) is 7.53. The average molecular weight is 181 g/mol. The highest BCUT2D eigenvalue weighted by molar-refractivity contribution is 5.93. The number of nitrogens with two attached hydrogens (primary N) is 2. The molecule has 0 aromatic heterocycles. The Hall–Kier alpha value is -1.52. The van der Waals surface area contributed by atoms with Gasteiger partial charge < -0.3 is 16.8 Å². The summed E-state index contributed by atoms with van der Waals surface area (Å²) in [6.45, 7) is 4.08. The molecule has 0 saturated heterocycles. The van der Waals surface area contributed by atoms with E-state index in [2.05, 4.69) is 21.9 Å². The molecule has 5 N–H and O–H groups in total. The van der Waals surface area contributed by atoms with Crippen molar-refractivity contribution >= 4 is 11.9 Å². The molecule has 0 unspecified atom stereocenters. The summed E-state index contributed by atoms with van der Waals surface area (Å²) in [5.41, 5.74) is 10.5. The minimum Gasteiger partial charge on any atom is -0.370 e. The van der Waals surface area contributed by atoms with E-state index in [9.17, 15) is 0 Å². The van der Waals surface area contributed by atoms with E-state index in [0.29, 0.717) is 18.5 Å². The Kier molecular flexibility index (Phi) is 3.31. The van der Waals surface area contributed by atoms with Gasteiger partial charge >= 0.3 is 0 Å². The van der Waals surface area contributed by atoms with Gasteiger partial charge in [0.05, 0.1) is 6.54 Å². The van der Waals surface area contributed by atoms with E-state index in [-0.39, 0.29) is 5.96 Å². The van der Waals surface area contributed by atoms with Crippen LogP contribution in [0.3, 0.4) is 0 Å². The summed E-state index contributed by atoms with van der Waals surface area (Å²) in [5.74, 6) is 0.526. The summed E-state index contributed by atoms with van der Waals surface area (Å²) in [7, 11) is 0. The van der Waals surface area contributed by atoms with Crippen LogP contribution in [0, 0.1) is 0 Å². The van der Waals surface area contributed by atoms with Crippen LogP contribution < -0.4 is 16.8 Å². The lowest BCUT2D eigenvalue weighted by Crippen LogP contribution is -2.30. The molecule has 0 radical (unpaired) electrons. The van der Waals surface area contributed by atoms with Crippen molar-refractivity contribution in [3.8, 4) is 0 Å².